The van der Waals surface area contributed by atoms with Crippen LogP contribution in [0.25, 0.3) is 0 Å². The zero-order chi connectivity index (χ0) is 7.68. The van der Waals surface area contributed by atoms with Gasteiger partial charge in [-0.05, 0) is 12.1 Å². The van der Waals surface area contributed by atoms with Crippen molar-refractivity contribution in [2.24, 2.45) is 0 Å². The summed E-state index contributed by atoms with van der Waals surface area (Å²) in [5, 5.41) is 0. The van der Waals surface area contributed by atoms with Crippen LogP contribution in [0.4, 0.5) is 0 Å². The van der Waals surface area contributed by atoms with Gasteiger partial charge in [0.1, 0.15) is 11.5 Å². The van der Waals surface area contributed by atoms with Crippen LogP contribution in [0.3, 0.4) is 0 Å². The van der Waals surface area contributed by atoms with Gasteiger partial charge in [-0.15, -0.1) is 0 Å². The quantitative estimate of drug-likeness (QED) is 0.604. The van der Waals surface area contributed by atoms with Crippen LogP contribution in [0.1, 0.15) is 5.56 Å². The zero-order valence-corrected chi connectivity index (χ0v) is 6.33. The van der Waals surface area contributed by atoms with Crippen LogP contribution in [0.2, 0.25) is 0 Å². The van der Waals surface area contributed by atoms with E-state index >= 15 is 0 Å². The molecule has 2 rings (SSSR count). The van der Waals surface area contributed by atoms with Gasteiger partial charge >= 0.3 is 0 Å². The van der Waals surface area contributed by atoms with Crippen molar-refractivity contribution in [1.29, 1.82) is 0 Å². The highest BCUT2D eigenvalue weighted by atomic mass is 16.5. The van der Waals surface area contributed by atoms with Crippen molar-refractivity contribution in [1.82, 2.24) is 0 Å². The Balaban J connectivity index is 2.50. The maximum absolute atomic E-state index is 5.31. The predicted molar refractivity (Wildman–Crippen MR) is 41.9 cm³/mol. The summed E-state index contributed by atoms with van der Waals surface area (Å²) in [5.74, 6) is 1.81. The largest absolute Gasteiger partial charge is 0.496 e. The van der Waals surface area contributed by atoms with Crippen LogP contribution in [0, 0.1) is 6.42 Å². The molecule has 1 aliphatic heterocycles. The number of fused-ring (bicyclic) bond motifs is 1. The number of ether oxygens (including phenoxy) is 2. The van der Waals surface area contributed by atoms with E-state index in [1.54, 1.807) is 7.11 Å². The Morgan fingerprint density at radius 2 is 2.36 bits per heavy atom. The van der Waals surface area contributed by atoms with Crippen LogP contribution in [-0.2, 0) is 0 Å². The van der Waals surface area contributed by atoms with E-state index in [9.17, 15) is 0 Å². The first-order valence-corrected chi connectivity index (χ1v) is 3.55. The number of hydrogen-bond acceptors (Lipinski definition) is 2. The van der Waals surface area contributed by atoms with Gasteiger partial charge < -0.3 is 9.47 Å². The van der Waals surface area contributed by atoms with Crippen LogP contribution in [-0.4, -0.2) is 13.7 Å². The Bertz CT molecular complexity index is 268. The summed E-state index contributed by atoms with van der Waals surface area (Å²) in [6.07, 6.45) is 2.02. The highest BCUT2D eigenvalue weighted by Crippen LogP contribution is 2.33. The molecule has 0 N–H and O–H groups in total. The molecule has 0 bridgehead atoms. The average Bonchev–Trinajstić information content (AvgIpc) is 2.50. The fourth-order valence-electron chi connectivity index (χ4n) is 1.24. The third kappa shape index (κ3) is 0.946. The van der Waals surface area contributed by atoms with E-state index in [0.29, 0.717) is 6.61 Å². The van der Waals surface area contributed by atoms with Gasteiger partial charge in [0.05, 0.1) is 13.7 Å². The molecular formula is C9H9O2. The minimum atomic E-state index is 0.662. The SMILES string of the molecule is COc1cccc2c1[CH]CO2. The van der Waals surface area contributed by atoms with E-state index in [2.05, 4.69) is 0 Å². The van der Waals surface area contributed by atoms with E-state index in [0.717, 1.165) is 17.1 Å². The molecule has 0 aliphatic carbocycles. The summed E-state index contributed by atoms with van der Waals surface area (Å²) in [6, 6.07) is 5.81. The van der Waals surface area contributed by atoms with E-state index in [4.69, 9.17) is 9.47 Å². The molecule has 1 aliphatic rings. The predicted octanol–water partition coefficient (Wildman–Crippen LogP) is 1.64. The van der Waals surface area contributed by atoms with Crippen LogP contribution < -0.4 is 9.47 Å². The summed E-state index contributed by atoms with van der Waals surface area (Å²) in [7, 11) is 1.67. The van der Waals surface area contributed by atoms with E-state index in [-0.39, 0.29) is 0 Å². The Kier molecular flexibility index (Phi) is 1.46. The Morgan fingerprint density at radius 1 is 1.45 bits per heavy atom. The van der Waals surface area contributed by atoms with Crippen molar-refractivity contribution in [3.63, 3.8) is 0 Å². The van der Waals surface area contributed by atoms with Gasteiger partial charge in [0.2, 0.25) is 0 Å². The van der Waals surface area contributed by atoms with E-state index in [1.807, 2.05) is 24.6 Å². The van der Waals surface area contributed by atoms with E-state index < -0.39 is 0 Å². The molecule has 1 heterocycles. The van der Waals surface area contributed by atoms with Crippen LogP contribution in [0.5, 0.6) is 11.5 Å². The van der Waals surface area contributed by atoms with Gasteiger partial charge in [-0.25, -0.2) is 0 Å². The standard InChI is InChI=1S/C9H9O2/c1-10-8-3-2-4-9-7(8)5-6-11-9/h2-5H,6H2,1H3. The number of rotatable bonds is 1. The second-order valence-corrected chi connectivity index (χ2v) is 2.39. The molecule has 1 aromatic carbocycles. The fraction of sp³-hybridized carbons (Fsp3) is 0.222. The molecule has 0 unspecified atom stereocenters. The van der Waals surface area contributed by atoms with Gasteiger partial charge in [-0.2, -0.15) is 0 Å². The minimum Gasteiger partial charge on any atom is -0.496 e. The highest BCUT2D eigenvalue weighted by Gasteiger charge is 2.15. The first-order chi connectivity index (χ1) is 5.42. The van der Waals surface area contributed by atoms with Gasteiger partial charge in [0.25, 0.3) is 0 Å². The third-order valence-corrected chi connectivity index (χ3v) is 1.77. The summed E-state index contributed by atoms with van der Waals surface area (Å²) >= 11 is 0. The van der Waals surface area contributed by atoms with E-state index in [1.165, 1.54) is 0 Å². The lowest BCUT2D eigenvalue weighted by Crippen LogP contribution is -1.86. The van der Waals surface area contributed by atoms with Crippen LogP contribution >= 0.6 is 0 Å². The molecule has 0 saturated carbocycles. The Hall–Kier alpha value is -1.18. The van der Waals surface area contributed by atoms with Gasteiger partial charge in [0, 0.05) is 12.0 Å². The molecule has 0 aromatic heterocycles. The van der Waals surface area contributed by atoms with Crippen molar-refractivity contribution >= 4 is 0 Å². The Labute approximate surface area is 65.7 Å². The molecular weight excluding hydrogens is 140 g/mol. The van der Waals surface area contributed by atoms with Crippen LogP contribution in [0.15, 0.2) is 18.2 Å². The lowest BCUT2D eigenvalue weighted by molar-refractivity contribution is 0.375. The van der Waals surface area contributed by atoms with Gasteiger partial charge in [0.15, 0.2) is 0 Å². The molecule has 11 heavy (non-hydrogen) atoms. The van der Waals surface area contributed by atoms with Crippen molar-refractivity contribution in [2.45, 2.75) is 0 Å². The number of methoxy groups -OCH3 is 1. The molecule has 1 radical (unpaired) electrons. The molecule has 2 nitrogen and oxygen atoms in total. The smallest absolute Gasteiger partial charge is 0.126 e. The minimum absolute atomic E-state index is 0.662. The molecule has 0 saturated heterocycles. The summed E-state index contributed by atoms with van der Waals surface area (Å²) in [6.45, 7) is 0.662. The monoisotopic (exact) mass is 149 g/mol. The molecule has 0 spiro atoms. The fourth-order valence-corrected chi connectivity index (χ4v) is 1.24. The lowest BCUT2D eigenvalue weighted by Gasteiger charge is -2.03. The first-order valence-electron chi connectivity index (χ1n) is 3.55. The van der Waals surface area contributed by atoms with Crippen molar-refractivity contribution < 1.29 is 9.47 Å². The van der Waals surface area contributed by atoms with Crippen molar-refractivity contribution in [3.8, 4) is 11.5 Å². The van der Waals surface area contributed by atoms with Crippen molar-refractivity contribution in [2.75, 3.05) is 13.7 Å². The third-order valence-electron chi connectivity index (χ3n) is 1.77. The molecule has 0 amide bonds. The summed E-state index contributed by atoms with van der Waals surface area (Å²) in [4.78, 5) is 0. The number of benzene rings is 1. The van der Waals surface area contributed by atoms with Gasteiger partial charge in [-0.1, -0.05) is 6.07 Å². The zero-order valence-electron chi connectivity index (χ0n) is 6.33. The summed E-state index contributed by atoms with van der Waals surface area (Å²) in [5.41, 5.74) is 1.08. The molecule has 0 atom stereocenters. The summed E-state index contributed by atoms with van der Waals surface area (Å²) < 4.78 is 10.5. The second kappa shape index (κ2) is 2.46. The van der Waals surface area contributed by atoms with Crippen molar-refractivity contribution in [3.05, 3.63) is 30.2 Å². The first kappa shape index (κ1) is 6.53. The molecule has 2 heteroatoms. The maximum Gasteiger partial charge on any atom is 0.126 e. The lowest BCUT2D eigenvalue weighted by atomic mass is 10.1. The molecule has 57 valence electrons. The Morgan fingerprint density at radius 3 is 3.18 bits per heavy atom. The normalized spacial score (nSPS) is 13.9. The average molecular weight is 149 g/mol. The highest BCUT2D eigenvalue weighted by molar-refractivity contribution is 5.51. The van der Waals surface area contributed by atoms with Gasteiger partial charge in [-0.3, -0.25) is 0 Å². The second-order valence-electron chi connectivity index (χ2n) is 2.39. The molecule has 0 fully saturated rings. The number of hydrogen-bond donors (Lipinski definition) is 0. The molecule has 1 aromatic rings. The topological polar surface area (TPSA) is 18.5 Å². The maximum atomic E-state index is 5.31.